The van der Waals surface area contributed by atoms with Gasteiger partial charge in [0.1, 0.15) is 0 Å². The molecule has 0 aliphatic carbocycles. The summed E-state index contributed by atoms with van der Waals surface area (Å²) in [7, 11) is 0. The standard InChI is InChI=1S/C14H19N3OS/c1-4-17(5-2)13-14(18)19-10(3)12(16-13)11-6-8-15-9-7-11/h6-9,13,16H,4-5H2,1-3H3. The number of nitrogens with one attached hydrogen (secondary N) is 1. The average Bonchev–Trinajstić information content (AvgIpc) is 2.43. The zero-order chi connectivity index (χ0) is 13.8. The van der Waals surface area contributed by atoms with Gasteiger partial charge >= 0.3 is 0 Å². The molecule has 0 saturated carbocycles. The van der Waals surface area contributed by atoms with Gasteiger partial charge in [0.2, 0.25) is 5.12 Å². The number of aromatic nitrogens is 1. The van der Waals surface area contributed by atoms with Gasteiger partial charge in [-0.05, 0) is 32.1 Å². The number of hydrogen-bond acceptors (Lipinski definition) is 5. The molecule has 2 heterocycles. The normalized spacial score (nSPS) is 19.8. The molecule has 0 aromatic carbocycles. The Labute approximate surface area is 118 Å². The van der Waals surface area contributed by atoms with Crippen LogP contribution in [0, 0.1) is 0 Å². The molecule has 1 unspecified atom stereocenters. The Hall–Kier alpha value is -1.33. The van der Waals surface area contributed by atoms with E-state index < -0.39 is 0 Å². The molecule has 4 nitrogen and oxygen atoms in total. The predicted octanol–water partition coefficient (Wildman–Crippen LogP) is 2.30. The van der Waals surface area contributed by atoms with Crippen LogP contribution < -0.4 is 5.32 Å². The summed E-state index contributed by atoms with van der Waals surface area (Å²) in [6.45, 7) is 7.82. The van der Waals surface area contributed by atoms with Gasteiger partial charge < -0.3 is 5.32 Å². The van der Waals surface area contributed by atoms with Crippen molar-refractivity contribution in [3.05, 3.63) is 35.0 Å². The Morgan fingerprint density at radius 3 is 2.53 bits per heavy atom. The number of allylic oxidation sites excluding steroid dienone is 1. The van der Waals surface area contributed by atoms with E-state index >= 15 is 0 Å². The summed E-state index contributed by atoms with van der Waals surface area (Å²) in [5.41, 5.74) is 2.11. The molecular weight excluding hydrogens is 258 g/mol. The van der Waals surface area contributed by atoms with Crippen LogP contribution >= 0.6 is 11.8 Å². The molecule has 1 aromatic heterocycles. The Morgan fingerprint density at radius 1 is 1.32 bits per heavy atom. The van der Waals surface area contributed by atoms with E-state index in [1.807, 2.05) is 19.1 Å². The maximum Gasteiger partial charge on any atom is 0.230 e. The van der Waals surface area contributed by atoms with Crippen LogP contribution in [0.2, 0.25) is 0 Å². The van der Waals surface area contributed by atoms with Crippen LogP contribution in [0.3, 0.4) is 0 Å². The molecule has 0 spiro atoms. The number of rotatable bonds is 4. The fourth-order valence-corrected chi connectivity index (χ4v) is 3.09. The van der Waals surface area contributed by atoms with Crippen LogP contribution in [-0.2, 0) is 4.79 Å². The first-order chi connectivity index (χ1) is 9.17. The lowest BCUT2D eigenvalue weighted by molar-refractivity contribution is -0.116. The molecule has 1 aliphatic heterocycles. The fraction of sp³-hybridized carbons (Fsp3) is 0.429. The van der Waals surface area contributed by atoms with E-state index in [1.54, 1.807) is 12.4 Å². The average molecular weight is 277 g/mol. The van der Waals surface area contributed by atoms with Gasteiger partial charge in [0.25, 0.3) is 0 Å². The first-order valence-electron chi connectivity index (χ1n) is 6.51. The van der Waals surface area contributed by atoms with Crippen molar-refractivity contribution in [3.63, 3.8) is 0 Å². The topological polar surface area (TPSA) is 45.2 Å². The van der Waals surface area contributed by atoms with Gasteiger partial charge in [-0.1, -0.05) is 25.6 Å². The number of likely N-dealkylation sites (N-methyl/N-ethyl adjacent to an activating group) is 1. The highest BCUT2D eigenvalue weighted by Gasteiger charge is 2.30. The molecule has 0 saturated heterocycles. The molecule has 0 amide bonds. The highest BCUT2D eigenvalue weighted by Crippen LogP contribution is 2.31. The van der Waals surface area contributed by atoms with Crippen molar-refractivity contribution < 1.29 is 4.79 Å². The molecule has 5 heteroatoms. The highest BCUT2D eigenvalue weighted by atomic mass is 32.2. The molecular formula is C14H19N3OS. The summed E-state index contributed by atoms with van der Waals surface area (Å²) in [5, 5.41) is 3.54. The third-order valence-corrected chi connectivity index (χ3v) is 4.19. The quantitative estimate of drug-likeness (QED) is 0.915. The molecule has 102 valence electrons. The van der Waals surface area contributed by atoms with E-state index in [0.717, 1.165) is 29.3 Å². The maximum absolute atomic E-state index is 12.2. The van der Waals surface area contributed by atoms with Gasteiger partial charge in [0.15, 0.2) is 6.17 Å². The van der Waals surface area contributed by atoms with E-state index in [-0.39, 0.29) is 11.3 Å². The molecule has 19 heavy (non-hydrogen) atoms. The number of carbonyl (C=O) groups excluding carboxylic acids is 1. The highest BCUT2D eigenvalue weighted by molar-refractivity contribution is 8.17. The van der Waals surface area contributed by atoms with Crippen molar-refractivity contribution in [2.75, 3.05) is 13.1 Å². The SMILES string of the molecule is CCN(CC)C1NC(c2ccncc2)=C(C)SC1=O. The van der Waals surface area contributed by atoms with E-state index in [9.17, 15) is 4.79 Å². The molecule has 1 aromatic rings. The van der Waals surface area contributed by atoms with Crippen molar-refractivity contribution in [3.8, 4) is 0 Å². The summed E-state index contributed by atoms with van der Waals surface area (Å²) in [6.07, 6.45) is 3.29. The molecule has 2 rings (SSSR count). The lowest BCUT2D eigenvalue weighted by Gasteiger charge is -2.34. The molecule has 0 bridgehead atoms. The van der Waals surface area contributed by atoms with Crippen molar-refractivity contribution in [1.29, 1.82) is 0 Å². The third kappa shape index (κ3) is 2.98. The van der Waals surface area contributed by atoms with Crippen molar-refractivity contribution in [2.45, 2.75) is 26.9 Å². The second-order valence-electron chi connectivity index (χ2n) is 4.36. The summed E-state index contributed by atoms with van der Waals surface area (Å²) in [5.74, 6) is 0. The minimum absolute atomic E-state index is 0.166. The van der Waals surface area contributed by atoms with Gasteiger partial charge in [-0.2, -0.15) is 0 Å². The zero-order valence-electron chi connectivity index (χ0n) is 11.5. The number of nitrogens with zero attached hydrogens (tertiary/aromatic N) is 2. The van der Waals surface area contributed by atoms with Crippen molar-refractivity contribution in [2.24, 2.45) is 0 Å². The number of carbonyl (C=O) groups is 1. The number of thioether (sulfide) groups is 1. The third-order valence-electron chi connectivity index (χ3n) is 3.26. The van der Waals surface area contributed by atoms with Crippen molar-refractivity contribution >= 4 is 22.6 Å². The molecule has 1 aliphatic rings. The Bertz CT molecular complexity index is 483. The maximum atomic E-state index is 12.2. The van der Waals surface area contributed by atoms with Gasteiger partial charge in [-0.25, -0.2) is 0 Å². The van der Waals surface area contributed by atoms with E-state index in [0.29, 0.717) is 0 Å². The largest absolute Gasteiger partial charge is 0.362 e. The minimum Gasteiger partial charge on any atom is -0.362 e. The monoisotopic (exact) mass is 277 g/mol. The van der Waals surface area contributed by atoms with Gasteiger partial charge in [0, 0.05) is 22.9 Å². The van der Waals surface area contributed by atoms with Crippen LogP contribution in [0.15, 0.2) is 29.4 Å². The second-order valence-corrected chi connectivity index (χ2v) is 5.58. The van der Waals surface area contributed by atoms with E-state index in [4.69, 9.17) is 0 Å². The fourth-order valence-electron chi connectivity index (χ4n) is 2.19. The van der Waals surface area contributed by atoms with E-state index in [2.05, 4.69) is 29.0 Å². The second kappa shape index (κ2) is 6.21. The summed E-state index contributed by atoms with van der Waals surface area (Å²) < 4.78 is 0. The summed E-state index contributed by atoms with van der Waals surface area (Å²) >= 11 is 1.33. The summed E-state index contributed by atoms with van der Waals surface area (Å²) in [6, 6.07) is 3.92. The smallest absolute Gasteiger partial charge is 0.230 e. The van der Waals surface area contributed by atoms with E-state index in [1.165, 1.54) is 11.8 Å². The number of pyridine rings is 1. The van der Waals surface area contributed by atoms with Crippen LogP contribution in [0.1, 0.15) is 26.3 Å². The zero-order valence-corrected chi connectivity index (χ0v) is 12.3. The molecule has 1 N–H and O–H groups in total. The van der Waals surface area contributed by atoms with Crippen LogP contribution in [0.4, 0.5) is 0 Å². The predicted molar refractivity (Wildman–Crippen MR) is 79.3 cm³/mol. The minimum atomic E-state index is -0.244. The van der Waals surface area contributed by atoms with Gasteiger partial charge in [0.05, 0.1) is 5.70 Å². The molecule has 0 radical (unpaired) electrons. The van der Waals surface area contributed by atoms with Crippen LogP contribution in [0.5, 0.6) is 0 Å². The van der Waals surface area contributed by atoms with Crippen molar-refractivity contribution in [1.82, 2.24) is 15.2 Å². The first kappa shape index (κ1) is 14.1. The Kier molecular flexibility index (Phi) is 4.61. The summed E-state index contributed by atoms with van der Waals surface area (Å²) in [4.78, 5) is 19.3. The van der Waals surface area contributed by atoms with Gasteiger partial charge in [-0.15, -0.1) is 0 Å². The van der Waals surface area contributed by atoms with Crippen LogP contribution in [-0.4, -0.2) is 34.3 Å². The van der Waals surface area contributed by atoms with Crippen LogP contribution in [0.25, 0.3) is 5.70 Å². The number of hydrogen-bond donors (Lipinski definition) is 1. The first-order valence-corrected chi connectivity index (χ1v) is 7.32. The molecule has 1 atom stereocenters. The Balaban J connectivity index is 2.30. The lowest BCUT2D eigenvalue weighted by Crippen LogP contribution is -2.50. The Morgan fingerprint density at radius 2 is 1.95 bits per heavy atom. The molecule has 0 fully saturated rings. The van der Waals surface area contributed by atoms with Gasteiger partial charge in [-0.3, -0.25) is 14.7 Å². The lowest BCUT2D eigenvalue weighted by atomic mass is 10.2.